The average Bonchev–Trinajstić information content (AvgIpc) is 2.91. The molecule has 1 aromatic rings. The number of rotatable bonds is 4. The van der Waals surface area contributed by atoms with E-state index in [0.717, 1.165) is 4.47 Å². The second-order valence-electron chi connectivity index (χ2n) is 4.93. The highest BCUT2D eigenvalue weighted by molar-refractivity contribution is 9.10. The van der Waals surface area contributed by atoms with Gasteiger partial charge < -0.3 is 14.7 Å². The molecule has 5 nitrogen and oxygen atoms in total. The number of carbonyl (C=O) groups is 2. The molecule has 1 N–H and O–H groups in total. The maximum absolute atomic E-state index is 11.9. The number of carbonyl (C=O) groups excluding carboxylic acids is 1. The van der Waals surface area contributed by atoms with Gasteiger partial charge in [0.05, 0.1) is 0 Å². The SMILES string of the molecule is C=CCOC(=O)N1CCC(C(=O)O)(c2cccc(Br)c2)C1. The molecule has 1 saturated heterocycles. The van der Waals surface area contributed by atoms with Crippen molar-refractivity contribution in [1.82, 2.24) is 4.90 Å². The van der Waals surface area contributed by atoms with Crippen molar-refractivity contribution in [2.24, 2.45) is 0 Å². The summed E-state index contributed by atoms with van der Waals surface area (Å²) in [4.78, 5) is 25.1. The minimum atomic E-state index is -1.09. The fourth-order valence-corrected chi connectivity index (χ4v) is 2.91. The Morgan fingerprint density at radius 3 is 2.90 bits per heavy atom. The molecule has 1 fully saturated rings. The number of hydrogen-bond acceptors (Lipinski definition) is 3. The van der Waals surface area contributed by atoms with E-state index in [1.54, 1.807) is 18.2 Å². The standard InChI is InChI=1S/C15H16BrNO4/c1-2-8-21-14(20)17-7-6-15(10-17,13(18)19)11-4-3-5-12(16)9-11/h2-5,9H,1,6-8,10H2,(H,18,19). The number of carboxylic acids is 1. The van der Waals surface area contributed by atoms with Crippen molar-refractivity contribution < 1.29 is 19.4 Å². The molecule has 1 amide bonds. The average molecular weight is 354 g/mol. The van der Waals surface area contributed by atoms with Gasteiger partial charge in [0.2, 0.25) is 0 Å². The first-order chi connectivity index (χ1) is 9.99. The van der Waals surface area contributed by atoms with Crippen molar-refractivity contribution >= 4 is 28.0 Å². The fraction of sp³-hybridized carbons (Fsp3) is 0.333. The molecule has 1 aromatic carbocycles. The summed E-state index contributed by atoms with van der Waals surface area (Å²) in [5.41, 5.74) is -0.403. The van der Waals surface area contributed by atoms with Crippen LogP contribution < -0.4 is 0 Å². The maximum Gasteiger partial charge on any atom is 0.410 e. The normalized spacial score (nSPS) is 21.1. The molecule has 1 aliphatic rings. The minimum absolute atomic E-state index is 0.106. The number of aliphatic carboxylic acids is 1. The molecule has 0 bridgehead atoms. The van der Waals surface area contributed by atoms with Crippen LogP contribution in [0, 0.1) is 0 Å². The number of nitrogens with zero attached hydrogens (tertiary/aromatic N) is 1. The third kappa shape index (κ3) is 3.10. The summed E-state index contributed by atoms with van der Waals surface area (Å²) >= 11 is 3.35. The molecule has 6 heteroatoms. The van der Waals surface area contributed by atoms with Gasteiger partial charge in [-0.05, 0) is 24.1 Å². The van der Waals surface area contributed by atoms with Gasteiger partial charge in [0.1, 0.15) is 12.0 Å². The Hall–Kier alpha value is -1.82. The fourth-order valence-electron chi connectivity index (χ4n) is 2.51. The Labute approximate surface area is 131 Å². The van der Waals surface area contributed by atoms with Crippen LogP contribution in [0.5, 0.6) is 0 Å². The number of benzene rings is 1. The van der Waals surface area contributed by atoms with Crippen LogP contribution in [0.15, 0.2) is 41.4 Å². The zero-order valence-corrected chi connectivity index (χ0v) is 13.0. The molecule has 1 unspecified atom stereocenters. The van der Waals surface area contributed by atoms with Gasteiger partial charge >= 0.3 is 12.1 Å². The van der Waals surface area contributed by atoms with Crippen LogP contribution in [0.25, 0.3) is 0 Å². The highest BCUT2D eigenvalue weighted by Gasteiger charge is 2.48. The summed E-state index contributed by atoms with van der Waals surface area (Å²) in [6, 6.07) is 7.19. The number of likely N-dealkylation sites (tertiary alicyclic amines) is 1. The van der Waals surface area contributed by atoms with Gasteiger partial charge in [0, 0.05) is 17.6 Å². The summed E-state index contributed by atoms with van der Waals surface area (Å²) in [6.45, 7) is 4.06. The van der Waals surface area contributed by atoms with Crippen molar-refractivity contribution in [2.45, 2.75) is 11.8 Å². The number of ether oxygens (including phenoxy) is 1. The van der Waals surface area contributed by atoms with E-state index in [0.29, 0.717) is 18.5 Å². The highest BCUT2D eigenvalue weighted by atomic mass is 79.9. The zero-order chi connectivity index (χ0) is 15.5. The lowest BCUT2D eigenvalue weighted by atomic mass is 9.80. The van der Waals surface area contributed by atoms with E-state index in [2.05, 4.69) is 22.5 Å². The molecule has 2 rings (SSSR count). The second kappa shape index (κ2) is 6.30. The Balaban J connectivity index is 2.24. The predicted octanol–water partition coefficient (Wildman–Crippen LogP) is 2.80. The van der Waals surface area contributed by atoms with Gasteiger partial charge in [0.25, 0.3) is 0 Å². The number of hydrogen-bond donors (Lipinski definition) is 1. The summed E-state index contributed by atoms with van der Waals surface area (Å²) in [5, 5.41) is 9.67. The molecule has 0 saturated carbocycles. The molecule has 1 aliphatic heterocycles. The third-order valence-corrected chi connectivity index (χ3v) is 4.13. The van der Waals surface area contributed by atoms with Gasteiger partial charge in [-0.15, -0.1) is 0 Å². The van der Waals surface area contributed by atoms with E-state index in [1.807, 2.05) is 6.07 Å². The Bertz CT molecular complexity index is 575. The molecular formula is C15H16BrNO4. The second-order valence-corrected chi connectivity index (χ2v) is 5.85. The Morgan fingerprint density at radius 2 is 2.29 bits per heavy atom. The Kier molecular flexibility index (Phi) is 4.67. The van der Waals surface area contributed by atoms with Crippen LogP contribution >= 0.6 is 15.9 Å². The minimum Gasteiger partial charge on any atom is -0.481 e. The Morgan fingerprint density at radius 1 is 1.52 bits per heavy atom. The van der Waals surface area contributed by atoms with Crippen molar-refractivity contribution in [1.29, 1.82) is 0 Å². The first kappa shape index (κ1) is 15.6. The summed E-state index contributed by atoms with van der Waals surface area (Å²) in [5.74, 6) is -0.931. The van der Waals surface area contributed by atoms with Crippen molar-refractivity contribution in [2.75, 3.05) is 19.7 Å². The molecule has 1 atom stereocenters. The van der Waals surface area contributed by atoms with E-state index in [4.69, 9.17) is 4.74 Å². The van der Waals surface area contributed by atoms with Gasteiger partial charge in [-0.3, -0.25) is 4.79 Å². The van der Waals surface area contributed by atoms with E-state index in [1.165, 1.54) is 11.0 Å². The van der Waals surface area contributed by atoms with Gasteiger partial charge in [-0.2, -0.15) is 0 Å². The summed E-state index contributed by atoms with van der Waals surface area (Å²) < 4.78 is 5.79. The first-order valence-corrected chi connectivity index (χ1v) is 7.31. The van der Waals surface area contributed by atoms with Crippen LogP contribution in [0.1, 0.15) is 12.0 Å². The van der Waals surface area contributed by atoms with Crippen LogP contribution in [-0.4, -0.2) is 41.8 Å². The van der Waals surface area contributed by atoms with Crippen LogP contribution in [0.3, 0.4) is 0 Å². The maximum atomic E-state index is 11.9. The molecule has 21 heavy (non-hydrogen) atoms. The van der Waals surface area contributed by atoms with Gasteiger partial charge in [0.15, 0.2) is 0 Å². The van der Waals surface area contributed by atoms with Crippen molar-refractivity contribution in [3.63, 3.8) is 0 Å². The quantitative estimate of drug-likeness (QED) is 0.845. The van der Waals surface area contributed by atoms with Gasteiger partial charge in [-0.1, -0.05) is 40.7 Å². The lowest BCUT2D eigenvalue weighted by Crippen LogP contribution is -2.40. The van der Waals surface area contributed by atoms with Crippen molar-refractivity contribution in [3.05, 3.63) is 47.0 Å². The first-order valence-electron chi connectivity index (χ1n) is 6.51. The predicted molar refractivity (Wildman–Crippen MR) is 81.2 cm³/mol. The molecular weight excluding hydrogens is 338 g/mol. The summed E-state index contributed by atoms with van der Waals surface area (Å²) in [7, 11) is 0. The van der Waals surface area contributed by atoms with Crippen molar-refractivity contribution in [3.8, 4) is 0 Å². The largest absolute Gasteiger partial charge is 0.481 e. The van der Waals surface area contributed by atoms with E-state index >= 15 is 0 Å². The highest BCUT2D eigenvalue weighted by Crippen LogP contribution is 2.36. The van der Waals surface area contributed by atoms with Crippen LogP contribution in [-0.2, 0) is 14.9 Å². The topological polar surface area (TPSA) is 66.8 Å². The van der Waals surface area contributed by atoms with E-state index in [9.17, 15) is 14.7 Å². The lowest BCUT2D eigenvalue weighted by molar-refractivity contribution is -0.143. The molecule has 0 radical (unpaired) electrons. The smallest absolute Gasteiger partial charge is 0.410 e. The monoisotopic (exact) mass is 353 g/mol. The van der Waals surface area contributed by atoms with E-state index in [-0.39, 0.29) is 13.2 Å². The van der Waals surface area contributed by atoms with Crippen LogP contribution in [0.4, 0.5) is 4.79 Å². The molecule has 112 valence electrons. The van der Waals surface area contributed by atoms with Gasteiger partial charge in [-0.25, -0.2) is 4.79 Å². The number of amides is 1. The number of carboxylic acid groups (broad SMARTS) is 1. The third-order valence-electron chi connectivity index (χ3n) is 3.64. The molecule has 1 heterocycles. The molecule has 0 spiro atoms. The molecule has 0 aromatic heterocycles. The summed E-state index contributed by atoms with van der Waals surface area (Å²) in [6.07, 6.45) is 1.34. The molecule has 0 aliphatic carbocycles. The lowest BCUT2D eigenvalue weighted by Gasteiger charge is -2.25. The van der Waals surface area contributed by atoms with E-state index < -0.39 is 17.5 Å². The van der Waals surface area contributed by atoms with Crippen LogP contribution in [0.2, 0.25) is 0 Å². The number of halogens is 1. The zero-order valence-electron chi connectivity index (χ0n) is 11.4.